The molecule has 0 saturated heterocycles. The van der Waals surface area contributed by atoms with E-state index < -0.39 is 22.0 Å². The highest BCUT2D eigenvalue weighted by Gasteiger charge is 2.48. The number of nitriles is 1. The van der Waals surface area contributed by atoms with Crippen LogP contribution in [0.25, 0.3) is 0 Å². The van der Waals surface area contributed by atoms with Gasteiger partial charge in [-0.25, -0.2) is 8.78 Å². The maximum absolute atomic E-state index is 13.3. The molecule has 0 amide bonds. The predicted octanol–water partition coefficient (Wildman–Crippen LogP) is 4.09. The largest absolute Gasteiger partial charge is 0.598 e. The normalized spacial score (nSPS) is 20.4. The number of halogens is 2. The highest BCUT2D eigenvalue weighted by molar-refractivity contribution is 7.90. The first kappa shape index (κ1) is 22.1. The molecule has 27 heavy (non-hydrogen) atoms. The summed E-state index contributed by atoms with van der Waals surface area (Å²) >= 11 is -1.33. The van der Waals surface area contributed by atoms with Gasteiger partial charge in [-0.05, 0) is 63.1 Å². The lowest BCUT2D eigenvalue weighted by molar-refractivity contribution is -0.129. The Hall–Kier alpha value is -1.20. The third-order valence-corrected chi connectivity index (χ3v) is 6.69. The number of hydrogen-bond donors (Lipinski definition) is 2. The molecular weight excluding hydrogens is 370 g/mol. The smallest absolute Gasteiger partial charge is 0.248 e. The lowest BCUT2D eigenvalue weighted by Crippen LogP contribution is -2.44. The van der Waals surface area contributed by atoms with Crippen molar-refractivity contribution in [1.29, 1.82) is 5.26 Å². The average molecular weight is 399 g/mol. The Kier molecular flexibility index (Phi) is 7.26. The zero-order chi connectivity index (χ0) is 20.2. The van der Waals surface area contributed by atoms with Gasteiger partial charge in [0, 0.05) is 30.8 Å². The monoisotopic (exact) mass is 398 g/mol. The Morgan fingerprint density at radius 2 is 1.93 bits per heavy atom. The predicted molar refractivity (Wildman–Crippen MR) is 102 cm³/mol. The van der Waals surface area contributed by atoms with E-state index in [-0.39, 0.29) is 37.3 Å². The van der Waals surface area contributed by atoms with Gasteiger partial charge in [-0.1, -0.05) is 12.1 Å². The summed E-state index contributed by atoms with van der Waals surface area (Å²) in [4.78, 5) is 0. The molecule has 1 aliphatic rings. The van der Waals surface area contributed by atoms with Crippen LogP contribution in [0.3, 0.4) is 0 Å². The van der Waals surface area contributed by atoms with Crippen molar-refractivity contribution in [3.8, 4) is 6.07 Å². The second-order valence-corrected chi connectivity index (χ2v) is 10.3. The average Bonchev–Trinajstić information content (AvgIpc) is 2.57. The molecule has 4 nitrogen and oxygen atoms in total. The number of aliphatic hydroxyl groups excluding tert-OH is 1. The highest BCUT2D eigenvalue weighted by atomic mass is 32.2. The Morgan fingerprint density at radius 3 is 2.37 bits per heavy atom. The fraction of sp³-hybridized carbons (Fsp3) is 0.650. The second-order valence-electron chi connectivity index (χ2n) is 8.32. The molecule has 0 spiro atoms. The van der Waals surface area contributed by atoms with Crippen LogP contribution in [-0.2, 0) is 11.4 Å². The molecule has 1 unspecified atom stereocenters. The number of hydrogen-bond acceptors (Lipinski definition) is 4. The first-order chi connectivity index (χ1) is 12.6. The molecule has 1 fully saturated rings. The van der Waals surface area contributed by atoms with Gasteiger partial charge < -0.3 is 9.66 Å². The summed E-state index contributed by atoms with van der Waals surface area (Å²) in [6.07, 6.45) is 0.645. The van der Waals surface area contributed by atoms with Crippen molar-refractivity contribution >= 4 is 11.4 Å². The van der Waals surface area contributed by atoms with Crippen LogP contribution in [-0.4, -0.2) is 26.9 Å². The van der Waals surface area contributed by atoms with Gasteiger partial charge in [-0.2, -0.15) is 5.26 Å². The number of benzene rings is 1. The van der Waals surface area contributed by atoms with Gasteiger partial charge in [-0.15, -0.1) is 4.72 Å². The maximum atomic E-state index is 13.3. The van der Waals surface area contributed by atoms with Crippen molar-refractivity contribution in [2.24, 2.45) is 11.8 Å². The van der Waals surface area contributed by atoms with E-state index in [1.54, 1.807) is 12.1 Å². The van der Waals surface area contributed by atoms with Gasteiger partial charge in [0.15, 0.2) is 0 Å². The summed E-state index contributed by atoms with van der Waals surface area (Å²) in [5, 5.41) is 18.4. The number of rotatable bonds is 8. The summed E-state index contributed by atoms with van der Waals surface area (Å²) < 4.78 is 42.0. The number of nitrogens with one attached hydrogen (secondary N) is 1. The van der Waals surface area contributed by atoms with Crippen molar-refractivity contribution in [1.82, 2.24) is 4.72 Å². The molecule has 7 heteroatoms. The van der Waals surface area contributed by atoms with E-state index in [1.165, 1.54) is 0 Å². The van der Waals surface area contributed by atoms with Crippen molar-refractivity contribution in [3.05, 3.63) is 35.4 Å². The van der Waals surface area contributed by atoms with E-state index in [1.807, 2.05) is 32.9 Å². The van der Waals surface area contributed by atoms with E-state index in [2.05, 4.69) is 10.8 Å². The summed E-state index contributed by atoms with van der Waals surface area (Å²) in [6, 6.07) is 8.77. The Balaban J connectivity index is 2.20. The zero-order valence-corrected chi connectivity index (χ0v) is 16.9. The number of nitrogens with zero attached hydrogens (tertiary/aromatic N) is 1. The number of aliphatic hydroxyl groups is 1. The quantitative estimate of drug-likeness (QED) is 0.647. The SMILES string of the molecule is CC(C)(C)[S+]([O-])N[C@H](C[C@@H](CCO)C1CC(F)(F)C1)c1ccc(C#N)cc1. The molecule has 1 saturated carbocycles. The number of alkyl halides is 2. The summed E-state index contributed by atoms with van der Waals surface area (Å²) in [7, 11) is 0. The molecule has 0 radical (unpaired) electrons. The Bertz CT molecular complexity index is 647. The maximum Gasteiger partial charge on any atom is 0.248 e. The van der Waals surface area contributed by atoms with E-state index in [4.69, 9.17) is 5.26 Å². The second kappa shape index (κ2) is 8.87. The summed E-state index contributed by atoms with van der Waals surface area (Å²) in [5.41, 5.74) is 1.39. The van der Waals surface area contributed by atoms with Crippen molar-refractivity contribution in [2.75, 3.05) is 6.61 Å². The van der Waals surface area contributed by atoms with E-state index in [9.17, 15) is 18.4 Å². The third kappa shape index (κ3) is 6.15. The first-order valence-corrected chi connectivity index (χ1v) is 10.4. The topological polar surface area (TPSA) is 79.1 Å². The Morgan fingerprint density at radius 1 is 1.33 bits per heavy atom. The molecule has 2 rings (SSSR count). The van der Waals surface area contributed by atoms with Crippen LogP contribution in [0.5, 0.6) is 0 Å². The van der Waals surface area contributed by atoms with Gasteiger partial charge in [0.1, 0.15) is 4.75 Å². The van der Waals surface area contributed by atoms with Gasteiger partial charge in [0.05, 0.1) is 17.7 Å². The minimum atomic E-state index is -2.61. The van der Waals surface area contributed by atoms with E-state index in [0.29, 0.717) is 18.4 Å². The van der Waals surface area contributed by atoms with Crippen LogP contribution in [0.15, 0.2) is 24.3 Å². The van der Waals surface area contributed by atoms with Crippen LogP contribution in [0.4, 0.5) is 8.78 Å². The zero-order valence-electron chi connectivity index (χ0n) is 16.0. The fourth-order valence-corrected chi connectivity index (χ4v) is 4.25. The molecule has 150 valence electrons. The first-order valence-electron chi connectivity index (χ1n) is 9.22. The summed E-state index contributed by atoms with van der Waals surface area (Å²) in [6.45, 7) is 5.53. The molecule has 1 aromatic rings. The molecule has 2 N–H and O–H groups in total. The molecule has 1 aromatic carbocycles. The minimum absolute atomic E-state index is 0.0603. The van der Waals surface area contributed by atoms with Gasteiger partial charge in [0.25, 0.3) is 0 Å². The van der Waals surface area contributed by atoms with Crippen LogP contribution >= 0.6 is 0 Å². The van der Waals surface area contributed by atoms with Crippen LogP contribution in [0.1, 0.15) is 63.6 Å². The van der Waals surface area contributed by atoms with Crippen molar-refractivity contribution < 1.29 is 18.4 Å². The highest BCUT2D eigenvalue weighted by Crippen LogP contribution is 2.49. The van der Waals surface area contributed by atoms with E-state index >= 15 is 0 Å². The van der Waals surface area contributed by atoms with Crippen LogP contribution in [0, 0.1) is 23.2 Å². The molecule has 0 bridgehead atoms. The Labute approximate surface area is 163 Å². The van der Waals surface area contributed by atoms with Gasteiger partial charge in [0.2, 0.25) is 5.92 Å². The minimum Gasteiger partial charge on any atom is -0.598 e. The fourth-order valence-electron chi connectivity index (χ4n) is 3.40. The molecular formula is C20H28F2N2O2S. The molecule has 1 aliphatic carbocycles. The third-order valence-electron chi connectivity index (χ3n) is 5.07. The summed E-state index contributed by atoms with van der Waals surface area (Å²) in [5.74, 6) is -2.83. The lowest BCUT2D eigenvalue weighted by Gasteiger charge is -2.41. The van der Waals surface area contributed by atoms with Crippen LogP contribution in [0.2, 0.25) is 0 Å². The molecule has 3 atom stereocenters. The van der Waals surface area contributed by atoms with Crippen molar-refractivity contribution in [2.45, 2.75) is 63.2 Å². The van der Waals surface area contributed by atoms with Gasteiger partial charge >= 0.3 is 0 Å². The van der Waals surface area contributed by atoms with Crippen molar-refractivity contribution in [3.63, 3.8) is 0 Å². The van der Waals surface area contributed by atoms with Gasteiger partial charge in [-0.3, -0.25) is 0 Å². The lowest BCUT2D eigenvalue weighted by atomic mass is 9.69. The van der Waals surface area contributed by atoms with E-state index in [0.717, 1.165) is 5.56 Å². The standard InChI is InChI=1S/C20H28F2N2O2S/c1-19(2,3)27(26)24-18(15-6-4-14(13-23)5-7-15)10-16(8-9-25)17-11-20(21,22)12-17/h4-7,16-18,24-25H,8-12H2,1-3H3/t16-,18-,27?/m1/s1. The van der Waals surface area contributed by atoms with Crippen LogP contribution < -0.4 is 4.72 Å². The molecule has 0 aromatic heterocycles. The molecule has 0 aliphatic heterocycles. The molecule has 0 heterocycles.